The van der Waals surface area contributed by atoms with Gasteiger partial charge in [-0.15, -0.1) is 0 Å². The van der Waals surface area contributed by atoms with Crippen molar-refractivity contribution < 1.29 is 8.78 Å². The molecule has 0 aliphatic carbocycles. The minimum atomic E-state index is -2.53. The van der Waals surface area contributed by atoms with E-state index in [0.717, 1.165) is 6.20 Å². The van der Waals surface area contributed by atoms with Gasteiger partial charge in [0, 0.05) is 16.2 Å². The number of nitrogens with zero attached hydrogens (tertiary/aromatic N) is 2. The zero-order chi connectivity index (χ0) is 10.7. The Labute approximate surface area is 88.7 Å². The molecule has 0 saturated heterocycles. The molecule has 1 aromatic heterocycles. The molecule has 0 saturated carbocycles. The zero-order valence-corrected chi connectivity index (χ0v) is 8.98. The largest absolute Gasteiger partial charge is 0.265 e. The first-order valence-corrected chi connectivity index (χ1v) is 4.66. The highest BCUT2D eigenvalue weighted by Crippen LogP contribution is 2.29. The van der Waals surface area contributed by atoms with Gasteiger partial charge in [0.05, 0.1) is 18.2 Å². The molecule has 0 bridgehead atoms. The van der Waals surface area contributed by atoms with E-state index in [1.165, 1.54) is 0 Å². The lowest BCUT2D eigenvalue weighted by atomic mass is 10.1. The molecule has 0 aromatic carbocycles. The van der Waals surface area contributed by atoms with Crippen LogP contribution in [0.2, 0.25) is 0 Å². The lowest BCUT2D eigenvalue weighted by Crippen LogP contribution is -1.98. The van der Waals surface area contributed by atoms with Crippen molar-refractivity contribution >= 4 is 15.9 Å². The molecule has 5 heteroatoms. The van der Waals surface area contributed by atoms with Crippen molar-refractivity contribution in [1.29, 1.82) is 5.26 Å². The first kappa shape index (κ1) is 11.1. The Hall–Kier alpha value is -1.02. The van der Waals surface area contributed by atoms with E-state index in [2.05, 4.69) is 20.9 Å². The summed E-state index contributed by atoms with van der Waals surface area (Å²) in [5.41, 5.74) is 0.841. The second-order valence-electron chi connectivity index (χ2n) is 2.73. The summed E-state index contributed by atoms with van der Waals surface area (Å²) >= 11 is 3.15. The lowest BCUT2D eigenvalue weighted by molar-refractivity contribution is 0.150. The normalized spacial score (nSPS) is 10.3. The molecule has 1 aromatic rings. The highest BCUT2D eigenvalue weighted by atomic mass is 79.9. The van der Waals surface area contributed by atoms with Crippen molar-refractivity contribution in [2.24, 2.45) is 0 Å². The van der Waals surface area contributed by atoms with E-state index in [1.54, 1.807) is 6.92 Å². The minimum Gasteiger partial charge on any atom is -0.259 e. The first-order valence-electron chi connectivity index (χ1n) is 3.87. The molecule has 14 heavy (non-hydrogen) atoms. The van der Waals surface area contributed by atoms with Gasteiger partial charge in [-0.05, 0) is 28.4 Å². The average molecular weight is 261 g/mol. The van der Waals surface area contributed by atoms with Crippen molar-refractivity contribution in [2.75, 3.05) is 0 Å². The summed E-state index contributed by atoms with van der Waals surface area (Å²) in [6.07, 6.45) is -1.29. The van der Waals surface area contributed by atoms with Gasteiger partial charge in [0.2, 0.25) is 0 Å². The van der Waals surface area contributed by atoms with Crippen LogP contribution in [-0.4, -0.2) is 4.98 Å². The maximum atomic E-state index is 12.4. The fourth-order valence-corrected chi connectivity index (χ4v) is 1.53. The summed E-state index contributed by atoms with van der Waals surface area (Å²) in [6.45, 7) is 1.58. The van der Waals surface area contributed by atoms with Crippen molar-refractivity contribution in [3.63, 3.8) is 0 Å². The Morgan fingerprint density at radius 2 is 2.29 bits per heavy atom. The molecule has 0 aliphatic heterocycles. The van der Waals surface area contributed by atoms with Gasteiger partial charge in [0.15, 0.2) is 0 Å². The smallest absolute Gasteiger partial charge is 0.259 e. The van der Waals surface area contributed by atoms with Crippen LogP contribution in [0.3, 0.4) is 0 Å². The topological polar surface area (TPSA) is 36.7 Å². The number of hydrogen-bond donors (Lipinski definition) is 0. The van der Waals surface area contributed by atoms with E-state index >= 15 is 0 Å². The molecule has 0 unspecified atom stereocenters. The third kappa shape index (κ3) is 2.07. The molecule has 1 heterocycles. The summed E-state index contributed by atoms with van der Waals surface area (Å²) in [5.74, 6) is 0. The average Bonchev–Trinajstić information content (AvgIpc) is 2.13. The second-order valence-corrected chi connectivity index (χ2v) is 3.53. The van der Waals surface area contributed by atoms with Gasteiger partial charge in [-0.1, -0.05) is 0 Å². The summed E-state index contributed by atoms with van der Waals surface area (Å²) in [4.78, 5) is 3.80. The number of alkyl halides is 2. The van der Waals surface area contributed by atoms with Crippen LogP contribution < -0.4 is 0 Å². The van der Waals surface area contributed by atoms with E-state index in [1.807, 2.05) is 6.07 Å². The third-order valence-corrected chi connectivity index (χ3v) is 2.91. The Balaban J connectivity index is 3.20. The van der Waals surface area contributed by atoms with Crippen molar-refractivity contribution in [1.82, 2.24) is 4.98 Å². The van der Waals surface area contributed by atoms with E-state index in [9.17, 15) is 8.78 Å². The molecule has 0 atom stereocenters. The molecule has 0 fully saturated rings. The van der Waals surface area contributed by atoms with Crippen molar-refractivity contribution in [3.8, 4) is 6.07 Å². The highest BCUT2D eigenvalue weighted by molar-refractivity contribution is 9.10. The Morgan fingerprint density at radius 1 is 1.64 bits per heavy atom. The van der Waals surface area contributed by atoms with Crippen LogP contribution in [-0.2, 0) is 6.42 Å². The van der Waals surface area contributed by atoms with Crippen LogP contribution in [0.15, 0.2) is 10.7 Å². The molecule has 2 nitrogen and oxygen atoms in total. The zero-order valence-electron chi connectivity index (χ0n) is 7.39. The van der Waals surface area contributed by atoms with Gasteiger partial charge in [0.25, 0.3) is 6.43 Å². The molecular weight excluding hydrogens is 254 g/mol. The molecule has 1 rings (SSSR count). The van der Waals surface area contributed by atoms with E-state index in [0.29, 0.717) is 15.7 Å². The van der Waals surface area contributed by atoms with Crippen LogP contribution in [0.25, 0.3) is 0 Å². The number of pyridine rings is 1. The molecule has 0 N–H and O–H groups in total. The first-order chi connectivity index (χ1) is 6.57. The highest BCUT2D eigenvalue weighted by Gasteiger charge is 2.15. The van der Waals surface area contributed by atoms with Gasteiger partial charge in [-0.2, -0.15) is 5.26 Å². The summed E-state index contributed by atoms with van der Waals surface area (Å²) in [7, 11) is 0. The molecule has 0 spiro atoms. The monoisotopic (exact) mass is 260 g/mol. The van der Waals surface area contributed by atoms with Gasteiger partial charge in [-0.3, -0.25) is 4.98 Å². The summed E-state index contributed by atoms with van der Waals surface area (Å²) < 4.78 is 25.3. The maximum Gasteiger partial charge on any atom is 0.265 e. The molecule has 74 valence electrons. The Bertz CT molecular complexity index is 385. The summed E-state index contributed by atoms with van der Waals surface area (Å²) in [5, 5.41) is 8.45. The molecule has 0 radical (unpaired) electrons. The number of hydrogen-bond acceptors (Lipinski definition) is 2. The predicted molar refractivity (Wildman–Crippen MR) is 50.9 cm³/mol. The fraction of sp³-hybridized carbons (Fsp3) is 0.333. The number of aromatic nitrogens is 1. The number of nitriles is 1. The standard InChI is InChI=1S/C9H7BrF2N2/c1-5-6(9(11)12)4-14-7(2-3-13)8(5)10/h4,9H,2H2,1H3. The van der Waals surface area contributed by atoms with Crippen LogP contribution in [0.4, 0.5) is 8.78 Å². The number of halogens is 3. The second kappa shape index (κ2) is 4.47. The SMILES string of the molecule is Cc1c(C(F)F)cnc(CC#N)c1Br. The van der Waals surface area contributed by atoms with Crippen LogP contribution in [0, 0.1) is 18.3 Å². The van der Waals surface area contributed by atoms with Gasteiger partial charge < -0.3 is 0 Å². The summed E-state index contributed by atoms with van der Waals surface area (Å²) in [6, 6.07) is 1.92. The van der Waals surface area contributed by atoms with Gasteiger partial charge in [0.1, 0.15) is 0 Å². The molecular formula is C9H7BrF2N2. The lowest BCUT2D eigenvalue weighted by Gasteiger charge is -2.08. The number of rotatable bonds is 2. The quantitative estimate of drug-likeness (QED) is 0.819. The van der Waals surface area contributed by atoms with Crippen LogP contribution in [0.5, 0.6) is 0 Å². The minimum absolute atomic E-state index is 0.0986. The molecule has 0 aliphatic rings. The van der Waals surface area contributed by atoms with Crippen LogP contribution >= 0.6 is 15.9 Å². The van der Waals surface area contributed by atoms with Gasteiger partial charge >= 0.3 is 0 Å². The fourth-order valence-electron chi connectivity index (χ4n) is 1.06. The van der Waals surface area contributed by atoms with E-state index in [-0.39, 0.29) is 12.0 Å². The molecule has 0 amide bonds. The predicted octanol–water partition coefficient (Wildman–Crippen LogP) is 3.16. The van der Waals surface area contributed by atoms with E-state index in [4.69, 9.17) is 5.26 Å². The van der Waals surface area contributed by atoms with Gasteiger partial charge in [-0.25, -0.2) is 8.78 Å². The van der Waals surface area contributed by atoms with Crippen molar-refractivity contribution in [3.05, 3.63) is 27.5 Å². The van der Waals surface area contributed by atoms with Crippen molar-refractivity contribution in [2.45, 2.75) is 19.8 Å². The Kier molecular flexibility index (Phi) is 3.53. The van der Waals surface area contributed by atoms with E-state index < -0.39 is 6.43 Å². The van der Waals surface area contributed by atoms with Crippen LogP contribution in [0.1, 0.15) is 23.2 Å². The maximum absolute atomic E-state index is 12.4. The Morgan fingerprint density at radius 3 is 2.79 bits per heavy atom. The third-order valence-electron chi connectivity index (χ3n) is 1.86.